The summed E-state index contributed by atoms with van der Waals surface area (Å²) in [6.07, 6.45) is 2.16. The number of nitriles is 1. The van der Waals surface area contributed by atoms with Crippen molar-refractivity contribution in [3.63, 3.8) is 0 Å². The van der Waals surface area contributed by atoms with E-state index in [0.717, 1.165) is 10.9 Å². The van der Waals surface area contributed by atoms with Crippen molar-refractivity contribution in [1.82, 2.24) is 4.98 Å². The SMILES string of the molecule is Cc1ccnc(N2CC(CBr)CC2=O)c1C#N. The van der Waals surface area contributed by atoms with Crippen LogP contribution in [0.1, 0.15) is 17.5 Å². The zero-order valence-electron chi connectivity index (χ0n) is 9.48. The van der Waals surface area contributed by atoms with Crippen LogP contribution in [0.2, 0.25) is 0 Å². The maximum Gasteiger partial charge on any atom is 0.228 e. The molecule has 0 radical (unpaired) electrons. The van der Waals surface area contributed by atoms with Gasteiger partial charge in [0, 0.05) is 24.5 Å². The number of aryl methyl sites for hydroxylation is 1. The van der Waals surface area contributed by atoms with Crippen molar-refractivity contribution >= 4 is 27.7 Å². The zero-order chi connectivity index (χ0) is 12.4. The van der Waals surface area contributed by atoms with Gasteiger partial charge in [0.05, 0.1) is 5.56 Å². The van der Waals surface area contributed by atoms with Gasteiger partial charge >= 0.3 is 0 Å². The van der Waals surface area contributed by atoms with E-state index in [1.165, 1.54) is 0 Å². The van der Waals surface area contributed by atoms with E-state index >= 15 is 0 Å². The Labute approximate surface area is 108 Å². The Morgan fingerprint density at radius 2 is 2.47 bits per heavy atom. The molecule has 2 rings (SSSR count). The van der Waals surface area contributed by atoms with Gasteiger partial charge in [0.15, 0.2) is 5.82 Å². The molecule has 5 heteroatoms. The van der Waals surface area contributed by atoms with Gasteiger partial charge in [-0.2, -0.15) is 5.26 Å². The van der Waals surface area contributed by atoms with Crippen LogP contribution in [0.5, 0.6) is 0 Å². The van der Waals surface area contributed by atoms with Gasteiger partial charge in [-0.25, -0.2) is 4.98 Å². The molecule has 0 N–H and O–H groups in total. The quantitative estimate of drug-likeness (QED) is 0.784. The van der Waals surface area contributed by atoms with Crippen molar-refractivity contribution in [3.05, 3.63) is 23.4 Å². The van der Waals surface area contributed by atoms with E-state index in [4.69, 9.17) is 5.26 Å². The normalized spacial score (nSPS) is 19.5. The predicted molar refractivity (Wildman–Crippen MR) is 67.9 cm³/mol. The predicted octanol–water partition coefficient (Wildman–Crippen LogP) is 2.01. The average Bonchev–Trinajstić information content (AvgIpc) is 2.70. The molecule has 1 atom stereocenters. The van der Waals surface area contributed by atoms with Gasteiger partial charge in [0.1, 0.15) is 6.07 Å². The molecule has 1 amide bonds. The number of hydrogen-bond acceptors (Lipinski definition) is 3. The van der Waals surface area contributed by atoms with Gasteiger partial charge < -0.3 is 0 Å². The molecule has 1 aliphatic rings. The second-order valence-electron chi connectivity index (χ2n) is 4.17. The molecular weight excluding hydrogens is 282 g/mol. The maximum absolute atomic E-state index is 11.9. The number of rotatable bonds is 2. The van der Waals surface area contributed by atoms with E-state index < -0.39 is 0 Å². The van der Waals surface area contributed by atoms with E-state index in [9.17, 15) is 4.79 Å². The van der Waals surface area contributed by atoms with E-state index in [2.05, 4.69) is 27.0 Å². The maximum atomic E-state index is 11.9. The Hall–Kier alpha value is -1.41. The summed E-state index contributed by atoms with van der Waals surface area (Å²) in [6.45, 7) is 2.49. The zero-order valence-corrected chi connectivity index (χ0v) is 11.1. The van der Waals surface area contributed by atoms with E-state index in [-0.39, 0.29) is 5.91 Å². The second kappa shape index (κ2) is 4.84. The second-order valence-corrected chi connectivity index (χ2v) is 4.81. The number of anilines is 1. The summed E-state index contributed by atoms with van der Waals surface area (Å²) in [7, 11) is 0. The fraction of sp³-hybridized carbons (Fsp3) is 0.417. The molecule has 0 bridgehead atoms. The summed E-state index contributed by atoms with van der Waals surface area (Å²) in [5.74, 6) is 0.848. The monoisotopic (exact) mass is 293 g/mol. The summed E-state index contributed by atoms with van der Waals surface area (Å²) in [6, 6.07) is 3.91. The molecule has 4 nitrogen and oxygen atoms in total. The van der Waals surface area contributed by atoms with Crippen LogP contribution in [0.15, 0.2) is 12.3 Å². The Morgan fingerprint density at radius 1 is 1.71 bits per heavy atom. The summed E-state index contributed by atoms with van der Waals surface area (Å²) >= 11 is 3.39. The van der Waals surface area contributed by atoms with Gasteiger partial charge in [-0.3, -0.25) is 9.69 Å². The topological polar surface area (TPSA) is 57.0 Å². The van der Waals surface area contributed by atoms with Crippen LogP contribution in [-0.2, 0) is 4.79 Å². The highest BCUT2D eigenvalue weighted by Crippen LogP contribution is 2.28. The minimum atomic E-state index is 0.0454. The first-order valence-corrected chi connectivity index (χ1v) is 6.51. The summed E-state index contributed by atoms with van der Waals surface area (Å²) in [5.41, 5.74) is 1.35. The number of hydrogen-bond donors (Lipinski definition) is 0. The van der Waals surface area contributed by atoms with Gasteiger partial charge in [-0.1, -0.05) is 15.9 Å². The first-order chi connectivity index (χ1) is 8.17. The van der Waals surface area contributed by atoms with E-state index in [0.29, 0.717) is 30.3 Å². The molecule has 17 heavy (non-hydrogen) atoms. The Bertz CT molecular complexity index is 495. The fourth-order valence-electron chi connectivity index (χ4n) is 1.98. The molecule has 0 saturated carbocycles. The van der Waals surface area contributed by atoms with Crippen molar-refractivity contribution in [3.8, 4) is 6.07 Å². The summed E-state index contributed by atoms with van der Waals surface area (Å²) in [5, 5.41) is 9.93. The molecule has 1 fully saturated rings. The van der Waals surface area contributed by atoms with Crippen LogP contribution in [0.4, 0.5) is 5.82 Å². The number of carbonyl (C=O) groups excluding carboxylic acids is 1. The van der Waals surface area contributed by atoms with Crippen molar-refractivity contribution < 1.29 is 4.79 Å². The highest BCUT2D eigenvalue weighted by Gasteiger charge is 2.32. The average molecular weight is 294 g/mol. The van der Waals surface area contributed by atoms with Gasteiger partial charge in [-0.05, 0) is 24.5 Å². The first kappa shape index (κ1) is 12.1. The number of halogens is 1. The molecule has 0 spiro atoms. The van der Waals surface area contributed by atoms with Gasteiger partial charge in [-0.15, -0.1) is 0 Å². The molecule has 1 aromatic rings. The van der Waals surface area contributed by atoms with Gasteiger partial charge in [0.25, 0.3) is 0 Å². The Morgan fingerprint density at radius 3 is 3.06 bits per heavy atom. The number of carbonyl (C=O) groups is 1. The van der Waals surface area contributed by atoms with Crippen LogP contribution >= 0.6 is 15.9 Å². The molecule has 88 valence electrons. The van der Waals surface area contributed by atoms with Crippen LogP contribution in [-0.4, -0.2) is 22.8 Å². The summed E-state index contributed by atoms with van der Waals surface area (Å²) in [4.78, 5) is 17.7. The fourth-order valence-corrected chi connectivity index (χ4v) is 2.41. The Kier molecular flexibility index (Phi) is 3.43. The van der Waals surface area contributed by atoms with Crippen molar-refractivity contribution in [2.75, 3.05) is 16.8 Å². The number of amides is 1. The standard InChI is InChI=1S/C12H12BrN3O/c1-8-2-3-15-12(10(8)6-14)16-7-9(5-13)4-11(16)17/h2-3,9H,4-5,7H2,1H3. The van der Waals surface area contributed by atoms with E-state index in [1.807, 2.05) is 6.92 Å². The third kappa shape index (κ3) is 2.18. The lowest BCUT2D eigenvalue weighted by atomic mass is 10.1. The largest absolute Gasteiger partial charge is 0.295 e. The summed E-state index contributed by atoms with van der Waals surface area (Å²) < 4.78 is 0. The molecule has 1 aromatic heterocycles. The van der Waals surface area contributed by atoms with Crippen molar-refractivity contribution in [2.24, 2.45) is 5.92 Å². The molecule has 1 aliphatic heterocycles. The smallest absolute Gasteiger partial charge is 0.228 e. The lowest BCUT2D eigenvalue weighted by Gasteiger charge is -2.17. The molecule has 0 aromatic carbocycles. The minimum Gasteiger partial charge on any atom is -0.295 e. The molecule has 1 saturated heterocycles. The number of pyridine rings is 1. The first-order valence-electron chi connectivity index (χ1n) is 5.39. The lowest BCUT2D eigenvalue weighted by Crippen LogP contribution is -2.26. The number of nitrogens with zero attached hydrogens (tertiary/aromatic N) is 3. The van der Waals surface area contributed by atoms with Crippen LogP contribution in [0.3, 0.4) is 0 Å². The molecule has 2 heterocycles. The van der Waals surface area contributed by atoms with Gasteiger partial charge in [0.2, 0.25) is 5.91 Å². The highest BCUT2D eigenvalue weighted by molar-refractivity contribution is 9.09. The number of alkyl halides is 1. The van der Waals surface area contributed by atoms with Crippen molar-refractivity contribution in [2.45, 2.75) is 13.3 Å². The molecule has 0 aliphatic carbocycles. The third-order valence-electron chi connectivity index (χ3n) is 2.93. The molecular formula is C12H12BrN3O. The lowest BCUT2D eigenvalue weighted by molar-refractivity contribution is -0.117. The van der Waals surface area contributed by atoms with E-state index in [1.54, 1.807) is 17.2 Å². The van der Waals surface area contributed by atoms with Crippen LogP contribution in [0.25, 0.3) is 0 Å². The van der Waals surface area contributed by atoms with Crippen LogP contribution < -0.4 is 4.90 Å². The van der Waals surface area contributed by atoms with Crippen molar-refractivity contribution in [1.29, 1.82) is 5.26 Å². The Balaban J connectivity index is 2.39. The molecule has 1 unspecified atom stereocenters. The number of aromatic nitrogens is 1. The third-order valence-corrected chi connectivity index (χ3v) is 3.85. The minimum absolute atomic E-state index is 0.0454. The van der Waals surface area contributed by atoms with Crippen LogP contribution in [0, 0.1) is 24.2 Å². The highest BCUT2D eigenvalue weighted by atomic mass is 79.9.